The highest BCUT2D eigenvalue weighted by Crippen LogP contribution is 2.77. The van der Waals surface area contributed by atoms with Crippen molar-refractivity contribution < 1.29 is 19.0 Å². The van der Waals surface area contributed by atoms with Crippen molar-refractivity contribution in [3.63, 3.8) is 0 Å². The summed E-state index contributed by atoms with van der Waals surface area (Å²) < 4.78 is 20.0. The molecule has 1 unspecified atom stereocenters. The molecule has 5 nitrogen and oxygen atoms in total. The molecule has 4 fully saturated rings. The molecule has 1 saturated heterocycles. The van der Waals surface area contributed by atoms with Crippen LogP contribution < -0.4 is 9.47 Å². The molecule has 8 rings (SSSR count). The molecular weight excluding hydrogens is 438 g/mol. The summed E-state index contributed by atoms with van der Waals surface area (Å²) in [5.74, 6) is 2.07. The second kappa shape index (κ2) is 7.10. The van der Waals surface area contributed by atoms with Crippen LogP contribution in [0.25, 0.3) is 0 Å². The molecule has 0 N–H and O–H groups in total. The summed E-state index contributed by atoms with van der Waals surface area (Å²) in [5.41, 5.74) is 3.17. The van der Waals surface area contributed by atoms with E-state index >= 15 is 0 Å². The minimum Gasteiger partial charge on any atom is -0.485 e. The maximum Gasteiger partial charge on any atom is 0.166 e. The van der Waals surface area contributed by atoms with Gasteiger partial charge in [-0.25, -0.2) is 0 Å². The van der Waals surface area contributed by atoms with Crippen LogP contribution in [0.4, 0.5) is 0 Å². The zero-order chi connectivity index (χ0) is 24.2. The molecule has 0 radical (unpaired) electrons. The molecular formula is C30H35NO4. The highest BCUT2D eigenvalue weighted by molar-refractivity contribution is 5.81. The molecule has 2 spiro atoms. The van der Waals surface area contributed by atoms with Crippen molar-refractivity contribution in [2.45, 2.75) is 69.3 Å². The van der Waals surface area contributed by atoms with Gasteiger partial charge in [0.05, 0.1) is 5.92 Å². The second-order valence-electron chi connectivity index (χ2n) is 11.8. The highest BCUT2D eigenvalue weighted by Gasteiger charge is 2.82. The van der Waals surface area contributed by atoms with E-state index in [0.29, 0.717) is 12.6 Å². The first-order valence-corrected chi connectivity index (χ1v) is 13.1. The third kappa shape index (κ3) is 2.40. The lowest BCUT2D eigenvalue weighted by atomic mass is 9.33. The van der Waals surface area contributed by atoms with Crippen LogP contribution in [-0.2, 0) is 28.0 Å². The number of rotatable bonds is 5. The van der Waals surface area contributed by atoms with E-state index in [-0.39, 0.29) is 34.6 Å². The zero-order valence-electron chi connectivity index (χ0n) is 21.2. The van der Waals surface area contributed by atoms with Gasteiger partial charge in [0.1, 0.15) is 24.1 Å². The van der Waals surface area contributed by atoms with Crippen molar-refractivity contribution in [3.05, 3.63) is 59.2 Å². The topological polar surface area (TPSA) is 48.0 Å². The van der Waals surface area contributed by atoms with E-state index in [9.17, 15) is 4.79 Å². The van der Waals surface area contributed by atoms with E-state index in [2.05, 4.69) is 43.1 Å². The number of nitrogens with zero attached hydrogens (tertiary/aromatic N) is 1. The number of carbonyl (C=O) groups is 1. The van der Waals surface area contributed by atoms with Gasteiger partial charge in [0.2, 0.25) is 0 Å². The van der Waals surface area contributed by atoms with Gasteiger partial charge in [0.25, 0.3) is 0 Å². The van der Waals surface area contributed by atoms with Gasteiger partial charge in [-0.15, -0.1) is 0 Å². The Balaban J connectivity index is 1.43. The van der Waals surface area contributed by atoms with Gasteiger partial charge in [-0.3, -0.25) is 4.79 Å². The Labute approximate surface area is 207 Å². The van der Waals surface area contributed by atoms with E-state index in [0.717, 1.165) is 49.3 Å². The molecule has 4 bridgehead atoms. The number of likely N-dealkylation sites (tertiary alicyclic amines) is 1. The summed E-state index contributed by atoms with van der Waals surface area (Å²) in [4.78, 5) is 15.8. The van der Waals surface area contributed by atoms with Crippen molar-refractivity contribution in [1.82, 2.24) is 4.90 Å². The number of fused-ring (bicyclic) bond motifs is 2. The van der Waals surface area contributed by atoms with E-state index in [1.54, 1.807) is 14.0 Å². The number of methoxy groups -OCH3 is 1. The Morgan fingerprint density at radius 3 is 2.71 bits per heavy atom. The quantitative estimate of drug-likeness (QED) is 0.638. The monoisotopic (exact) mass is 473 g/mol. The van der Waals surface area contributed by atoms with Crippen molar-refractivity contribution in [3.8, 4) is 11.5 Å². The third-order valence-corrected chi connectivity index (χ3v) is 10.7. The number of ketones is 1. The van der Waals surface area contributed by atoms with E-state index in [1.807, 2.05) is 18.2 Å². The lowest BCUT2D eigenvalue weighted by Crippen LogP contribution is -2.83. The number of hydrogen-bond donors (Lipinski definition) is 0. The minimum atomic E-state index is -0.613. The molecule has 2 aliphatic heterocycles. The van der Waals surface area contributed by atoms with Crippen LogP contribution in [0.15, 0.2) is 42.5 Å². The number of hydrogen-bond acceptors (Lipinski definition) is 5. The Kier molecular flexibility index (Phi) is 4.44. The van der Waals surface area contributed by atoms with Crippen molar-refractivity contribution >= 4 is 5.78 Å². The standard InChI is InChI=1S/C30H35NO4/c1-18-15-28-16-22(19(2)32)30(18,33-4)27-29(28)12-13-31(3)24(28)14-21-10-11-23(26(35-27)25(21)29)34-17-20-8-6-5-7-9-20/h5-11,18,22,24,27H,12-17H2,1-4H3/t18?,22-,24-,27-,28-,29+,30-/m1/s1. The van der Waals surface area contributed by atoms with Crippen LogP contribution >= 0.6 is 0 Å². The first kappa shape index (κ1) is 21.9. The normalized spacial score (nSPS) is 40.2. The lowest BCUT2D eigenvalue weighted by Gasteiger charge is -2.75. The van der Waals surface area contributed by atoms with E-state index in [1.165, 1.54) is 11.1 Å². The first-order valence-electron chi connectivity index (χ1n) is 13.1. The predicted octanol–water partition coefficient (Wildman–Crippen LogP) is 4.54. The zero-order valence-corrected chi connectivity index (χ0v) is 21.2. The Morgan fingerprint density at radius 1 is 1.17 bits per heavy atom. The van der Waals surface area contributed by atoms with Gasteiger partial charge in [0.15, 0.2) is 11.5 Å². The van der Waals surface area contributed by atoms with Crippen LogP contribution in [0.5, 0.6) is 11.5 Å². The molecule has 2 aromatic carbocycles. The summed E-state index contributed by atoms with van der Waals surface area (Å²) in [6, 6.07) is 15.1. The Hall–Kier alpha value is -2.37. The van der Waals surface area contributed by atoms with Crippen molar-refractivity contribution in [1.29, 1.82) is 0 Å². The first-order chi connectivity index (χ1) is 16.9. The maximum atomic E-state index is 13.2. The summed E-state index contributed by atoms with van der Waals surface area (Å²) in [6.45, 7) is 5.59. The minimum absolute atomic E-state index is 0.0109. The molecule has 0 aromatic heterocycles. The number of Topliss-reactive ketones (excluding diaryl/α,β-unsaturated/α-hetero) is 1. The van der Waals surface area contributed by atoms with Crippen LogP contribution in [-0.4, -0.2) is 49.1 Å². The van der Waals surface area contributed by atoms with Gasteiger partial charge in [-0.05, 0) is 69.3 Å². The summed E-state index contributed by atoms with van der Waals surface area (Å²) in [6.07, 6.45) is 3.84. The molecule has 0 amide bonds. The number of carbonyl (C=O) groups excluding carboxylic acids is 1. The smallest absolute Gasteiger partial charge is 0.166 e. The molecule has 35 heavy (non-hydrogen) atoms. The van der Waals surface area contributed by atoms with Gasteiger partial charge in [-0.2, -0.15) is 0 Å². The second-order valence-corrected chi connectivity index (χ2v) is 11.8. The van der Waals surface area contributed by atoms with Gasteiger partial charge >= 0.3 is 0 Å². The van der Waals surface area contributed by atoms with Gasteiger partial charge < -0.3 is 19.1 Å². The van der Waals surface area contributed by atoms with E-state index < -0.39 is 5.60 Å². The number of benzene rings is 2. The Morgan fingerprint density at radius 2 is 1.97 bits per heavy atom. The molecule has 184 valence electrons. The molecule has 6 aliphatic rings. The van der Waals surface area contributed by atoms with Crippen LogP contribution in [0.1, 0.15) is 49.8 Å². The van der Waals surface area contributed by atoms with Crippen molar-refractivity contribution in [2.75, 3.05) is 20.7 Å². The predicted molar refractivity (Wildman–Crippen MR) is 133 cm³/mol. The molecule has 4 aliphatic carbocycles. The number of likely N-dealkylation sites (N-methyl/N-ethyl adjacent to an activating group) is 1. The molecule has 2 aromatic rings. The summed E-state index contributed by atoms with van der Waals surface area (Å²) >= 11 is 0. The molecule has 3 saturated carbocycles. The number of ether oxygens (including phenoxy) is 3. The fourth-order valence-corrected chi connectivity index (χ4v) is 9.50. The maximum absolute atomic E-state index is 13.2. The molecule has 5 heteroatoms. The largest absolute Gasteiger partial charge is 0.485 e. The van der Waals surface area contributed by atoms with Crippen molar-refractivity contribution in [2.24, 2.45) is 17.3 Å². The Bertz CT molecular complexity index is 1210. The third-order valence-electron chi connectivity index (χ3n) is 10.7. The molecule has 2 heterocycles. The van der Waals surface area contributed by atoms with Crippen LogP contribution in [0.2, 0.25) is 0 Å². The fraction of sp³-hybridized carbons (Fsp3) is 0.567. The summed E-state index contributed by atoms with van der Waals surface area (Å²) in [5, 5.41) is 0. The average molecular weight is 474 g/mol. The van der Waals surface area contributed by atoms with Gasteiger partial charge in [-0.1, -0.05) is 43.3 Å². The number of piperidine rings is 1. The average Bonchev–Trinajstić information content (AvgIpc) is 3.22. The van der Waals surface area contributed by atoms with Crippen LogP contribution in [0.3, 0.4) is 0 Å². The fourth-order valence-electron chi connectivity index (χ4n) is 9.50. The van der Waals surface area contributed by atoms with Gasteiger partial charge in [0, 0.05) is 29.5 Å². The highest BCUT2D eigenvalue weighted by atomic mass is 16.6. The van der Waals surface area contributed by atoms with E-state index in [4.69, 9.17) is 14.2 Å². The van der Waals surface area contributed by atoms with Crippen LogP contribution in [0, 0.1) is 17.3 Å². The SMILES string of the molecule is CO[C@]12C(C)C[C@@]3(C[C@@H]1C(C)=O)[C@H]1Cc4ccc(OCc5ccccc5)c5c4[C@@]3(CCN1C)[C@H]2O5. The molecule has 7 atom stereocenters. The summed E-state index contributed by atoms with van der Waals surface area (Å²) in [7, 11) is 4.08. The lowest BCUT2D eigenvalue weighted by molar-refractivity contribution is -0.291.